The molecular weight excluding hydrogens is 870 g/mol. The molecule has 0 spiro atoms. The second kappa shape index (κ2) is 23.6. The highest BCUT2D eigenvalue weighted by Gasteiger charge is 2.44. The number of aliphatic hydroxyl groups excluding tert-OH is 1. The number of aryl methyl sites for hydroxylation is 1. The van der Waals surface area contributed by atoms with E-state index >= 15 is 0 Å². The van der Waals surface area contributed by atoms with E-state index < -0.39 is 29.5 Å². The summed E-state index contributed by atoms with van der Waals surface area (Å²) in [6.07, 6.45) is 1.29. The van der Waals surface area contributed by atoms with E-state index in [1.54, 1.807) is 23.3 Å². The van der Waals surface area contributed by atoms with Crippen LogP contribution in [0.2, 0.25) is 0 Å². The Morgan fingerprint density at radius 2 is 1.52 bits per heavy atom. The summed E-state index contributed by atoms with van der Waals surface area (Å²) in [6.45, 7) is 8.49. The minimum Gasteiger partial charge on any atom is -0.492 e. The van der Waals surface area contributed by atoms with E-state index in [0.29, 0.717) is 44.0 Å². The molecule has 4 amide bonds. The van der Waals surface area contributed by atoms with Gasteiger partial charge < -0.3 is 30.3 Å². The number of aromatic nitrogens is 1. The molecule has 66 heavy (non-hydrogen) atoms. The fourth-order valence-electron chi connectivity index (χ4n) is 8.18. The van der Waals surface area contributed by atoms with Crippen molar-refractivity contribution >= 4 is 57.7 Å². The highest BCUT2D eigenvalue weighted by Crippen LogP contribution is 2.36. The quantitative estimate of drug-likeness (QED) is 0.0402. The number of rotatable bonds is 20. The van der Waals surface area contributed by atoms with Gasteiger partial charge in [-0.15, -0.1) is 22.9 Å². The number of amides is 4. The fourth-order valence-corrected chi connectivity index (χ4v) is 9.18. The average molecular weight is 933 g/mol. The molecule has 5 aromatic rings. The molecule has 13 heteroatoms. The number of nitrogens with one attached hydrogen (secondary N) is 2. The third kappa shape index (κ3) is 13.4. The van der Waals surface area contributed by atoms with Crippen molar-refractivity contribution in [1.82, 2.24) is 25.4 Å². The van der Waals surface area contributed by atoms with E-state index in [-0.39, 0.29) is 50.1 Å². The summed E-state index contributed by atoms with van der Waals surface area (Å²) < 4.78 is 6.06. The van der Waals surface area contributed by atoms with Crippen LogP contribution in [0.3, 0.4) is 0 Å². The van der Waals surface area contributed by atoms with Crippen LogP contribution in [0.25, 0.3) is 21.6 Å². The number of likely N-dealkylation sites (tertiary alicyclic amines) is 1. The molecular formula is C53H62ClN5O6S. The number of aliphatic hydroxyl groups is 1. The Morgan fingerprint density at radius 1 is 0.879 bits per heavy atom. The zero-order valence-corrected chi connectivity index (χ0v) is 40.2. The van der Waals surface area contributed by atoms with Gasteiger partial charge in [0.2, 0.25) is 23.6 Å². The lowest BCUT2D eigenvalue weighted by atomic mass is 9.85. The maximum atomic E-state index is 14.1. The molecule has 0 unspecified atom stereocenters. The lowest BCUT2D eigenvalue weighted by Crippen LogP contribution is -2.57. The number of nitrogens with zero attached hydrogens (tertiary/aromatic N) is 3. The second-order valence-corrected chi connectivity index (χ2v) is 19.1. The highest BCUT2D eigenvalue weighted by atomic mass is 35.5. The molecule has 1 aliphatic heterocycles. The van der Waals surface area contributed by atoms with Crippen molar-refractivity contribution in [3.8, 4) is 16.2 Å². The third-order valence-corrected chi connectivity index (χ3v) is 13.0. The van der Waals surface area contributed by atoms with Crippen LogP contribution in [0.5, 0.6) is 5.75 Å². The van der Waals surface area contributed by atoms with E-state index in [1.165, 1.54) is 10.5 Å². The molecule has 1 saturated heterocycles. The SMILES string of the molecule is Cc1ncsc1-c1ccc(CNC(=O)[C@@H]2C[C@@H](O)CN2C(=O)[C@@H](NC(=O)CCCCC(=O)N(C)CCOc2ccc(/C(=C(/CCCl)c3ccccc3)c3ccccc3)cc2)C(C)(C)C)cc1. The van der Waals surface area contributed by atoms with Crippen molar-refractivity contribution < 1.29 is 29.0 Å². The van der Waals surface area contributed by atoms with Crippen molar-refractivity contribution in [1.29, 1.82) is 0 Å². The van der Waals surface area contributed by atoms with Gasteiger partial charge in [0.15, 0.2) is 0 Å². The molecule has 0 radical (unpaired) electrons. The van der Waals surface area contributed by atoms with Crippen LogP contribution in [-0.2, 0) is 25.7 Å². The van der Waals surface area contributed by atoms with Gasteiger partial charge in [-0.2, -0.15) is 0 Å². The van der Waals surface area contributed by atoms with Gasteiger partial charge in [-0.1, -0.05) is 118 Å². The first-order valence-electron chi connectivity index (χ1n) is 22.7. The lowest BCUT2D eigenvalue weighted by molar-refractivity contribution is -0.144. The number of likely N-dealkylation sites (N-methyl/N-ethyl adjacent to an activating group) is 1. The standard InChI is InChI=1S/C53H62ClN5O6S/c1-36-49(66-35-56-36)41-22-20-37(21-23-41)33-55-51(63)45-32-42(60)34-59(45)52(64)50(53(2,3)4)57-46(61)18-12-13-19-47(62)58(5)30-31-65-43-26-24-40(25-27-43)48(39-16-10-7-11-17-39)44(28-29-54)38-14-8-6-9-15-38/h6-11,14-17,20-27,35,42,45,50,60H,12-13,18-19,28-34H2,1-5H3,(H,55,63)(H,57,61)/b48-44-/t42-,45+,50-/m1/s1. The Balaban J connectivity index is 0.946. The summed E-state index contributed by atoms with van der Waals surface area (Å²) in [7, 11) is 1.74. The van der Waals surface area contributed by atoms with E-state index in [0.717, 1.165) is 44.0 Å². The normalized spacial score (nSPS) is 15.7. The fraction of sp³-hybridized carbons (Fsp3) is 0.377. The number of β-amino-alcohol motifs (C(OH)–C–C–N with tert-alkyl or cyclic N) is 1. The number of hydrogen-bond acceptors (Lipinski definition) is 8. The summed E-state index contributed by atoms with van der Waals surface area (Å²) in [5, 5.41) is 16.4. The number of allylic oxidation sites excluding steroid dienone is 1. The Morgan fingerprint density at radius 3 is 2.14 bits per heavy atom. The van der Waals surface area contributed by atoms with Gasteiger partial charge in [-0.25, -0.2) is 4.98 Å². The van der Waals surface area contributed by atoms with Crippen molar-refractivity contribution in [3.63, 3.8) is 0 Å². The first-order chi connectivity index (χ1) is 31.7. The number of carbonyl (C=O) groups is 4. The molecule has 348 valence electrons. The Hall–Kier alpha value is -5.82. The van der Waals surface area contributed by atoms with Gasteiger partial charge in [-0.3, -0.25) is 19.2 Å². The Kier molecular flexibility index (Phi) is 17.7. The number of thiazole rings is 1. The van der Waals surface area contributed by atoms with Crippen molar-refractivity contribution in [2.45, 2.75) is 91.0 Å². The smallest absolute Gasteiger partial charge is 0.246 e. The van der Waals surface area contributed by atoms with E-state index in [4.69, 9.17) is 16.3 Å². The maximum Gasteiger partial charge on any atom is 0.246 e. The first kappa shape index (κ1) is 49.6. The van der Waals surface area contributed by atoms with Gasteiger partial charge >= 0.3 is 0 Å². The Labute approximate surface area is 398 Å². The van der Waals surface area contributed by atoms with E-state index in [1.807, 2.05) is 106 Å². The molecule has 0 bridgehead atoms. The van der Waals surface area contributed by atoms with Gasteiger partial charge in [0.1, 0.15) is 24.4 Å². The van der Waals surface area contributed by atoms with Crippen LogP contribution in [-0.4, -0.2) is 94.3 Å². The molecule has 6 rings (SSSR count). The predicted octanol–water partition coefficient (Wildman–Crippen LogP) is 8.91. The molecule has 3 N–H and O–H groups in total. The molecule has 4 aromatic carbocycles. The first-order valence-corrected chi connectivity index (χ1v) is 24.1. The summed E-state index contributed by atoms with van der Waals surface area (Å²) in [5.41, 5.74) is 9.62. The van der Waals surface area contributed by atoms with Gasteiger partial charge in [0.05, 0.1) is 28.7 Å². The zero-order valence-electron chi connectivity index (χ0n) is 38.6. The molecule has 1 aromatic heterocycles. The molecule has 11 nitrogen and oxygen atoms in total. The predicted molar refractivity (Wildman–Crippen MR) is 264 cm³/mol. The summed E-state index contributed by atoms with van der Waals surface area (Å²) >= 11 is 7.90. The molecule has 0 saturated carbocycles. The third-order valence-electron chi connectivity index (χ3n) is 11.9. The number of ether oxygens (including phenoxy) is 1. The van der Waals surface area contributed by atoms with Crippen LogP contribution in [0.15, 0.2) is 115 Å². The van der Waals surface area contributed by atoms with Crippen LogP contribution in [0.1, 0.15) is 87.2 Å². The largest absolute Gasteiger partial charge is 0.492 e. The lowest BCUT2D eigenvalue weighted by Gasteiger charge is -2.35. The molecule has 1 fully saturated rings. The van der Waals surface area contributed by atoms with Crippen LogP contribution in [0, 0.1) is 12.3 Å². The van der Waals surface area contributed by atoms with Gasteiger partial charge in [0.25, 0.3) is 0 Å². The Bertz CT molecular complexity index is 2420. The van der Waals surface area contributed by atoms with Crippen LogP contribution in [0.4, 0.5) is 0 Å². The molecule has 0 aliphatic carbocycles. The van der Waals surface area contributed by atoms with E-state index in [9.17, 15) is 24.3 Å². The van der Waals surface area contributed by atoms with Gasteiger partial charge in [-0.05, 0) is 82.7 Å². The highest BCUT2D eigenvalue weighted by molar-refractivity contribution is 7.13. The monoisotopic (exact) mass is 931 g/mol. The molecule has 3 atom stereocenters. The number of carbonyl (C=O) groups excluding carboxylic acids is 4. The summed E-state index contributed by atoms with van der Waals surface area (Å²) in [4.78, 5) is 62.2. The topological polar surface area (TPSA) is 141 Å². The maximum absolute atomic E-state index is 14.1. The van der Waals surface area contributed by atoms with E-state index in [2.05, 4.69) is 52.0 Å². The second-order valence-electron chi connectivity index (χ2n) is 17.9. The number of unbranched alkanes of at least 4 members (excludes halogenated alkanes) is 1. The van der Waals surface area contributed by atoms with Crippen molar-refractivity contribution in [2.24, 2.45) is 5.41 Å². The number of alkyl halides is 1. The van der Waals surface area contributed by atoms with Crippen LogP contribution >= 0.6 is 22.9 Å². The number of hydrogen-bond donors (Lipinski definition) is 3. The van der Waals surface area contributed by atoms with Gasteiger partial charge in [0, 0.05) is 45.3 Å². The van der Waals surface area contributed by atoms with Crippen molar-refractivity contribution in [3.05, 3.63) is 143 Å². The number of halogens is 1. The molecule has 2 heterocycles. The summed E-state index contributed by atoms with van der Waals surface area (Å²) in [5.74, 6) is 0.0419. The minimum absolute atomic E-state index is 0.00616. The number of benzene rings is 4. The average Bonchev–Trinajstić information content (AvgIpc) is 3.94. The summed E-state index contributed by atoms with van der Waals surface area (Å²) in [6, 6.07) is 34.7. The van der Waals surface area contributed by atoms with Crippen LogP contribution < -0.4 is 15.4 Å². The minimum atomic E-state index is -0.928. The molecule has 1 aliphatic rings. The van der Waals surface area contributed by atoms with Crippen molar-refractivity contribution in [2.75, 3.05) is 32.6 Å². The zero-order chi connectivity index (χ0) is 47.2.